The topological polar surface area (TPSA) is 108 Å². The number of nitrogens with one attached hydrogen (secondary N) is 1. The molecular weight excluding hydrogens is 234 g/mol. The molecule has 0 atom stereocenters. The van der Waals surface area contributed by atoms with Crippen LogP contribution in [0.5, 0.6) is 5.75 Å². The van der Waals surface area contributed by atoms with Gasteiger partial charge in [-0.05, 0) is 37.1 Å². The van der Waals surface area contributed by atoms with Gasteiger partial charge in [0, 0.05) is 18.5 Å². The van der Waals surface area contributed by atoms with Gasteiger partial charge in [0.05, 0.1) is 0 Å². The minimum Gasteiger partial charge on any atom is -0.508 e. The normalized spacial score (nSPS) is 11.3. The lowest BCUT2D eigenvalue weighted by molar-refractivity contribution is 0.0953. The number of phenols is 1. The van der Waals surface area contributed by atoms with Crippen LogP contribution in [-0.4, -0.2) is 28.6 Å². The maximum absolute atomic E-state index is 11.7. The second kappa shape index (κ2) is 6.48. The highest BCUT2D eigenvalue weighted by Crippen LogP contribution is 2.16. The Labute approximate surface area is 105 Å². The van der Waals surface area contributed by atoms with Gasteiger partial charge in [-0.3, -0.25) is 4.79 Å². The third-order valence-electron chi connectivity index (χ3n) is 2.48. The van der Waals surface area contributed by atoms with Gasteiger partial charge in [0.2, 0.25) is 0 Å². The number of hydrogen-bond acceptors (Lipinski definition) is 4. The maximum Gasteiger partial charge on any atom is 0.251 e. The van der Waals surface area contributed by atoms with Crippen LogP contribution in [0.25, 0.3) is 0 Å². The van der Waals surface area contributed by atoms with Crippen LogP contribution >= 0.6 is 0 Å². The van der Waals surface area contributed by atoms with Gasteiger partial charge in [-0.15, -0.1) is 0 Å². The van der Waals surface area contributed by atoms with Crippen LogP contribution in [0.15, 0.2) is 23.4 Å². The Morgan fingerprint density at radius 3 is 2.83 bits per heavy atom. The number of aromatic hydroxyl groups is 1. The van der Waals surface area contributed by atoms with Gasteiger partial charge in [0.25, 0.3) is 5.91 Å². The summed E-state index contributed by atoms with van der Waals surface area (Å²) in [6.07, 6.45) is 1.02. The first kappa shape index (κ1) is 13.8. The third-order valence-corrected chi connectivity index (χ3v) is 2.48. The molecule has 0 fully saturated rings. The molecule has 0 aliphatic rings. The van der Waals surface area contributed by atoms with E-state index in [4.69, 9.17) is 10.9 Å². The first-order valence-electron chi connectivity index (χ1n) is 5.59. The van der Waals surface area contributed by atoms with Gasteiger partial charge < -0.3 is 21.4 Å². The summed E-state index contributed by atoms with van der Waals surface area (Å²) in [6, 6.07) is 4.66. The van der Waals surface area contributed by atoms with Gasteiger partial charge in [0.1, 0.15) is 11.6 Å². The van der Waals surface area contributed by atoms with Crippen LogP contribution in [0.1, 0.15) is 28.8 Å². The summed E-state index contributed by atoms with van der Waals surface area (Å²) in [5.41, 5.74) is 6.44. The summed E-state index contributed by atoms with van der Waals surface area (Å²) in [6.45, 7) is 2.17. The van der Waals surface area contributed by atoms with E-state index in [1.165, 1.54) is 6.07 Å². The maximum atomic E-state index is 11.7. The van der Waals surface area contributed by atoms with Crippen molar-refractivity contribution in [3.63, 3.8) is 0 Å². The zero-order valence-corrected chi connectivity index (χ0v) is 10.2. The molecule has 1 aromatic rings. The van der Waals surface area contributed by atoms with Crippen LogP contribution in [0, 0.1) is 6.92 Å². The van der Waals surface area contributed by atoms with E-state index in [1.807, 2.05) is 0 Å². The van der Waals surface area contributed by atoms with Crippen molar-refractivity contribution in [2.75, 3.05) is 6.54 Å². The molecule has 0 spiro atoms. The molecule has 98 valence electrons. The SMILES string of the molecule is Cc1cc(C(=O)NCCC/C(N)=N/O)ccc1O. The van der Waals surface area contributed by atoms with E-state index in [2.05, 4.69) is 10.5 Å². The molecule has 0 saturated carbocycles. The van der Waals surface area contributed by atoms with E-state index in [0.29, 0.717) is 30.5 Å². The number of carbonyl (C=O) groups is 1. The van der Waals surface area contributed by atoms with Crippen molar-refractivity contribution >= 4 is 11.7 Å². The quantitative estimate of drug-likeness (QED) is 0.205. The number of oxime groups is 1. The second-order valence-electron chi connectivity index (χ2n) is 3.95. The molecule has 0 bridgehead atoms. The molecule has 18 heavy (non-hydrogen) atoms. The van der Waals surface area contributed by atoms with Crippen LogP contribution in [0.2, 0.25) is 0 Å². The predicted molar refractivity (Wildman–Crippen MR) is 67.8 cm³/mol. The summed E-state index contributed by atoms with van der Waals surface area (Å²) in [5.74, 6) is 0.0980. The van der Waals surface area contributed by atoms with Gasteiger partial charge >= 0.3 is 0 Å². The van der Waals surface area contributed by atoms with Crippen molar-refractivity contribution < 1.29 is 15.1 Å². The molecule has 1 rings (SSSR count). The standard InChI is InChI=1S/C12H17N3O3/c1-8-7-9(4-5-10(8)16)12(17)14-6-2-3-11(13)15-18/h4-5,7,16,18H,2-3,6H2,1H3,(H2,13,15)(H,14,17). The number of nitrogens with two attached hydrogens (primary N) is 1. The predicted octanol–water partition coefficient (Wildman–Crippen LogP) is 0.957. The summed E-state index contributed by atoms with van der Waals surface area (Å²) in [5, 5.41) is 23.2. The summed E-state index contributed by atoms with van der Waals surface area (Å²) in [4.78, 5) is 11.7. The van der Waals surface area contributed by atoms with E-state index in [9.17, 15) is 9.90 Å². The highest BCUT2D eigenvalue weighted by molar-refractivity contribution is 5.94. The molecule has 6 nitrogen and oxygen atoms in total. The largest absolute Gasteiger partial charge is 0.508 e. The third kappa shape index (κ3) is 3.97. The molecule has 1 aromatic carbocycles. The lowest BCUT2D eigenvalue weighted by Gasteiger charge is -2.06. The van der Waals surface area contributed by atoms with Gasteiger partial charge in [-0.2, -0.15) is 0 Å². The number of carbonyl (C=O) groups excluding carboxylic acids is 1. The molecular formula is C12H17N3O3. The number of rotatable bonds is 5. The summed E-state index contributed by atoms with van der Waals surface area (Å²) >= 11 is 0. The van der Waals surface area contributed by atoms with E-state index < -0.39 is 0 Å². The van der Waals surface area contributed by atoms with Crippen LogP contribution in [0.4, 0.5) is 0 Å². The minimum absolute atomic E-state index is 0.143. The van der Waals surface area contributed by atoms with Crippen molar-refractivity contribution in [3.8, 4) is 5.75 Å². The first-order valence-corrected chi connectivity index (χ1v) is 5.59. The second-order valence-corrected chi connectivity index (χ2v) is 3.95. The van der Waals surface area contributed by atoms with Crippen molar-refractivity contribution in [1.82, 2.24) is 5.32 Å². The van der Waals surface area contributed by atoms with E-state index in [-0.39, 0.29) is 17.5 Å². The van der Waals surface area contributed by atoms with Gasteiger partial charge in [-0.1, -0.05) is 5.16 Å². The zero-order valence-electron chi connectivity index (χ0n) is 10.2. The monoisotopic (exact) mass is 251 g/mol. The number of nitrogens with zero attached hydrogens (tertiary/aromatic N) is 1. The van der Waals surface area contributed by atoms with E-state index in [0.717, 1.165) is 0 Å². The minimum atomic E-state index is -0.211. The van der Waals surface area contributed by atoms with Gasteiger partial charge in [0.15, 0.2) is 0 Å². The molecule has 5 N–H and O–H groups in total. The average molecular weight is 251 g/mol. The lowest BCUT2D eigenvalue weighted by atomic mass is 10.1. The molecule has 0 aromatic heterocycles. The lowest BCUT2D eigenvalue weighted by Crippen LogP contribution is -2.25. The number of amides is 1. The Morgan fingerprint density at radius 1 is 1.50 bits per heavy atom. The fraction of sp³-hybridized carbons (Fsp3) is 0.333. The Bertz CT molecular complexity index is 458. The molecule has 6 heteroatoms. The Hall–Kier alpha value is -2.24. The molecule has 0 aliphatic heterocycles. The van der Waals surface area contributed by atoms with Crippen LogP contribution in [0.3, 0.4) is 0 Å². The average Bonchev–Trinajstić information content (AvgIpc) is 2.37. The van der Waals surface area contributed by atoms with Crippen molar-refractivity contribution in [1.29, 1.82) is 0 Å². The number of amidine groups is 1. The molecule has 0 saturated heterocycles. The fourth-order valence-electron chi connectivity index (χ4n) is 1.42. The fourth-order valence-corrected chi connectivity index (χ4v) is 1.42. The number of aryl methyl sites for hydroxylation is 1. The van der Waals surface area contributed by atoms with Crippen molar-refractivity contribution in [2.45, 2.75) is 19.8 Å². The van der Waals surface area contributed by atoms with Gasteiger partial charge in [-0.25, -0.2) is 0 Å². The number of benzene rings is 1. The highest BCUT2D eigenvalue weighted by atomic mass is 16.4. The Kier molecular flexibility index (Phi) is 4.98. The Morgan fingerprint density at radius 2 is 2.22 bits per heavy atom. The number of phenolic OH excluding ortho intramolecular Hbond substituents is 1. The Balaban J connectivity index is 2.43. The molecule has 0 aliphatic carbocycles. The molecule has 0 heterocycles. The van der Waals surface area contributed by atoms with E-state index >= 15 is 0 Å². The smallest absolute Gasteiger partial charge is 0.251 e. The van der Waals surface area contributed by atoms with Crippen molar-refractivity contribution in [3.05, 3.63) is 29.3 Å². The number of hydrogen-bond donors (Lipinski definition) is 4. The van der Waals surface area contributed by atoms with Crippen molar-refractivity contribution in [2.24, 2.45) is 10.9 Å². The molecule has 0 unspecified atom stereocenters. The molecule has 0 radical (unpaired) electrons. The zero-order chi connectivity index (χ0) is 13.5. The van der Waals surface area contributed by atoms with Crippen LogP contribution < -0.4 is 11.1 Å². The van der Waals surface area contributed by atoms with Crippen LogP contribution in [-0.2, 0) is 0 Å². The summed E-state index contributed by atoms with van der Waals surface area (Å²) < 4.78 is 0. The first-order chi connectivity index (χ1) is 8.54. The molecule has 1 amide bonds. The summed E-state index contributed by atoms with van der Waals surface area (Å²) in [7, 11) is 0. The highest BCUT2D eigenvalue weighted by Gasteiger charge is 2.06. The van der Waals surface area contributed by atoms with E-state index in [1.54, 1.807) is 19.1 Å².